The van der Waals surface area contributed by atoms with Crippen molar-refractivity contribution in [1.82, 2.24) is 8.97 Å². The molecule has 0 bridgehead atoms. The number of nitrogens with zero attached hydrogens (tertiary/aromatic N) is 2. The van der Waals surface area contributed by atoms with Crippen molar-refractivity contribution < 1.29 is 20.1 Å². The Morgan fingerprint density at radius 1 is 0.522 bits per heavy atom. The summed E-state index contributed by atoms with van der Waals surface area (Å²) in [6, 6.07) is 68.2. The number of nitrogens with one attached hydrogen (secondary N) is 1. The molecule has 9 rings (SSSR count). The van der Waals surface area contributed by atoms with Gasteiger partial charge in [0.1, 0.15) is 0 Å². The molecule has 69 heavy (non-hydrogen) atoms. The molecule has 0 unspecified atom stereocenters. The number of rotatable bonds is 13. The molecular weight excluding hydrogens is 957 g/mol. The van der Waals surface area contributed by atoms with Crippen molar-refractivity contribution in [1.29, 1.82) is 0 Å². The minimum atomic E-state index is -2.48. The van der Waals surface area contributed by atoms with Crippen LogP contribution in [0, 0.1) is 10.8 Å². The van der Waals surface area contributed by atoms with Crippen molar-refractivity contribution >= 4 is 30.7 Å². The Kier molecular flexibility index (Phi) is 14.3. The summed E-state index contributed by atoms with van der Waals surface area (Å²) in [4.78, 5) is 13.0. The van der Waals surface area contributed by atoms with Crippen molar-refractivity contribution in [3.8, 4) is 16.9 Å². The first kappa shape index (κ1) is 47.7. The number of anilines is 1. The summed E-state index contributed by atoms with van der Waals surface area (Å²) >= 11 is -2.48. The summed E-state index contributed by atoms with van der Waals surface area (Å²) in [5, 5.41) is 3.17. The van der Waals surface area contributed by atoms with Gasteiger partial charge in [-0.3, -0.25) is 0 Å². The van der Waals surface area contributed by atoms with Crippen LogP contribution in [0.1, 0.15) is 134 Å². The molecule has 0 aliphatic carbocycles. The summed E-state index contributed by atoms with van der Waals surface area (Å²) in [5.41, 5.74) is 17.5. The Hall–Kier alpha value is -6.35. The van der Waals surface area contributed by atoms with Gasteiger partial charge in [-0.1, -0.05) is 0 Å². The van der Waals surface area contributed by atoms with Gasteiger partial charge < -0.3 is 0 Å². The van der Waals surface area contributed by atoms with E-state index in [0.29, 0.717) is 5.92 Å². The zero-order valence-electron chi connectivity index (χ0n) is 40.9. The van der Waals surface area contributed by atoms with Gasteiger partial charge in [0.05, 0.1) is 0 Å². The van der Waals surface area contributed by atoms with Crippen molar-refractivity contribution in [2.24, 2.45) is 0 Å². The number of carbonyl (C=O) groups is 1. The number of hydrogen-bond donors (Lipinski definition) is 1. The van der Waals surface area contributed by atoms with Crippen LogP contribution in [0.5, 0.6) is 0 Å². The van der Waals surface area contributed by atoms with Gasteiger partial charge in [0.25, 0.3) is 0 Å². The van der Waals surface area contributed by atoms with E-state index in [0.717, 1.165) is 30.5 Å². The maximum absolute atomic E-state index is 13.0. The topological polar surface area (TPSA) is 38.4 Å². The Labute approximate surface area is 418 Å². The number of benzene rings is 7. The molecule has 2 heterocycles. The molecule has 0 saturated carbocycles. The number of pyridine rings is 1. The first-order chi connectivity index (χ1) is 33.4. The van der Waals surface area contributed by atoms with Gasteiger partial charge in [-0.25, -0.2) is 0 Å². The summed E-state index contributed by atoms with van der Waals surface area (Å²) < 4.78 is 6.84. The van der Waals surface area contributed by atoms with Crippen LogP contribution in [0.25, 0.3) is 22.5 Å². The number of aryl methyl sites for hydroxylation is 1. The van der Waals surface area contributed by atoms with Gasteiger partial charge in [-0.05, 0) is 0 Å². The Morgan fingerprint density at radius 2 is 0.971 bits per heavy atom. The van der Waals surface area contributed by atoms with Crippen molar-refractivity contribution in [3.63, 3.8) is 0 Å². The molecule has 0 fully saturated rings. The third-order valence-corrected chi connectivity index (χ3v) is 17.3. The van der Waals surface area contributed by atoms with E-state index in [9.17, 15) is 4.79 Å². The fourth-order valence-electron chi connectivity index (χ4n) is 10.0. The molecule has 0 radical (unpaired) electrons. The van der Waals surface area contributed by atoms with E-state index in [4.69, 9.17) is 9.53 Å². The van der Waals surface area contributed by atoms with Gasteiger partial charge in [0.2, 0.25) is 0 Å². The standard InChI is InChI=1S/C55H54N2.C8H8NO.ClH.Pd/c1-37(2)45-33-47(38(3)4)54(48(34-45)39(5)6)51-30-20-29-46-35-56(36-57(46)51)55-49(52(41-21-12-8-13-22-41)42-23-14-9-15-24-42)31-40(7)32-50(55)53(43-25-16-10-17-26-43)44-27-18-11-19-28-44;1-7(10)9-8-5-3-2-4-6-8;;/h8-35,37-39,52-53H,1-7H3;2-5H,1H3,(H,9,10);1H;/q;;;+1/p-1. The summed E-state index contributed by atoms with van der Waals surface area (Å²) in [5.74, 6) is 0.471. The molecule has 0 aliphatic rings. The first-order valence-corrected chi connectivity index (χ1v) is 27.7. The summed E-state index contributed by atoms with van der Waals surface area (Å²) in [6.45, 7) is 17.6. The third-order valence-electron chi connectivity index (χ3n) is 13.2. The van der Waals surface area contributed by atoms with E-state index in [1.54, 1.807) is 6.92 Å². The van der Waals surface area contributed by atoms with Gasteiger partial charge in [0.15, 0.2) is 0 Å². The number of aromatic nitrogens is 2. The van der Waals surface area contributed by atoms with E-state index < -0.39 is 15.3 Å². The Morgan fingerprint density at radius 3 is 1.41 bits per heavy atom. The van der Waals surface area contributed by atoms with E-state index in [1.165, 1.54) is 61.2 Å². The number of amides is 1. The number of fused-ring (bicyclic) bond motifs is 1. The molecular formula is C63H62ClN3OPd. The van der Waals surface area contributed by atoms with Crippen LogP contribution >= 0.6 is 9.53 Å². The van der Waals surface area contributed by atoms with Crippen molar-refractivity contribution in [2.45, 2.75) is 85.0 Å². The number of hydrogen-bond acceptors (Lipinski definition) is 1. The quantitative estimate of drug-likeness (QED) is 0.0907. The SMILES string of the molecule is CC(=O)Nc1cccc[c]1[Pd]([Cl])=[c]1n(-c2c(C(c3ccccc3)c3ccccc3)cc(C)cc2C(c2ccccc2)c2ccccc2)cc2cccc(-c3c(C(C)C)cc(C(C)C)cc3C(C)C)n12. The molecule has 1 N–H and O–H groups in total. The fourth-order valence-corrected chi connectivity index (χ4v) is 13.9. The van der Waals surface area contributed by atoms with Crippen LogP contribution in [0.2, 0.25) is 0 Å². The molecule has 352 valence electrons. The molecule has 0 aliphatic heterocycles. The second-order valence-electron chi connectivity index (χ2n) is 19.1. The monoisotopic (exact) mass is 1020 g/mol. The van der Waals surface area contributed by atoms with E-state index >= 15 is 0 Å². The second-order valence-corrected chi connectivity index (χ2v) is 23.0. The number of para-hydroxylation sites is 1. The average molecular weight is 1020 g/mol. The zero-order valence-corrected chi connectivity index (χ0v) is 43.2. The molecule has 0 atom stereocenters. The van der Waals surface area contributed by atoms with E-state index in [1.807, 2.05) is 18.2 Å². The Balaban J connectivity index is 1.54. The molecule has 4 nitrogen and oxygen atoms in total. The predicted molar refractivity (Wildman–Crippen MR) is 286 cm³/mol. The van der Waals surface area contributed by atoms with Crippen LogP contribution in [-0.2, 0) is 20.1 Å². The van der Waals surface area contributed by atoms with Gasteiger partial charge in [-0.2, -0.15) is 0 Å². The molecule has 9 aromatic rings. The normalized spacial score (nSPS) is 12.7. The van der Waals surface area contributed by atoms with Crippen LogP contribution < -0.4 is 9.35 Å². The molecule has 7 aromatic carbocycles. The minimum absolute atomic E-state index is 0.135. The summed E-state index contributed by atoms with van der Waals surface area (Å²) in [6.07, 6.45) is 2.33. The first-order valence-electron chi connectivity index (χ1n) is 24.1. The Bertz CT molecular complexity index is 3120. The average Bonchev–Trinajstić information content (AvgIpc) is 3.74. The van der Waals surface area contributed by atoms with Crippen LogP contribution in [-0.4, -0.2) is 14.9 Å². The number of halogens is 1. The zero-order chi connectivity index (χ0) is 48.3. The summed E-state index contributed by atoms with van der Waals surface area (Å²) in [7, 11) is 8.41. The fraction of sp³-hybridized carbons (Fsp3) is 0.206. The van der Waals surface area contributed by atoms with Crippen LogP contribution in [0.15, 0.2) is 194 Å². The van der Waals surface area contributed by atoms with Crippen molar-refractivity contribution in [3.05, 3.63) is 254 Å². The van der Waals surface area contributed by atoms with Crippen LogP contribution in [0.3, 0.4) is 0 Å². The van der Waals surface area contributed by atoms with Gasteiger partial charge >= 0.3 is 421 Å². The van der Waals surface area contributed by atoms with E-state index in [2.05, 4.69) is 239 Å². The van der Waals surface area contributed by atoms with Crippen LogP contribution in [0.4, 0.5) is 5.69 Å². The number of carbonyl (C=O) groups excluding carboxylic acids is 1. The van der Waals surface area contributed by atoms with E-state index in [-0.39, 0.29) is 29.6 Å². The maximum atomic E-state index is 13.0. The predicted octanol–water partition coefficient (Wildman–Crippen LogP) is 16.0. The molecule has 1 amide bonds. The molecule has 0 spiro atoms. The third kappa shape index (κ3) is 9.67. The molecule has 2 aromatic heterocycles. The van der Waals surface area contributed by atoms with Crippen molar-refractivity contribution in [2.75, 3.05) is 5.32 Å². The van der Waals surface area contributed by atoms with Gasteiger partial charge in [-0.15, -0.1) is 0 Å². The molecule has 6 heteroatoms. The second kappa shape index (κ2) is 20.7. The molecule has 0 saturated heterocycles. The number of imidazole rings is 1. The van der Waals surface area contributed by atoms with Gasteiger partial charge in [0, 0.05) is 0 Å².